The Bertz CT molecular complexity index is 1630. The Morgan fingerprint density at radius 1 is 0.978 bits per heavy atom. The lowest BCUT2D eigenvalue weighted by molar-refractivity contribution is -0.137. The van der Waals surface area contributed by atoms with Gasteiger partial charge in [-0.15, -0.1) is 0 Å². The lowest BCUT2D eigenvalue weighted by atomic mass is 10.0. The molecule has 0 bridgehead atoms. The van der Waals surface area contributed by atoms with Crippen LogP contribution in [0.4, 0.5) is 11.4 Å². The van der Waals surface area contributed by atoms with E-state index < -0.39 is 6.04 Å². The van der Waals surface area contributed by atoms with Crippen molar-refractivity contribution in [3.63, 3.8) is 0 Å². The maximum absolute atomic E-state index is 14.2. The van der Waals surface area contributed by atoms with Gasteiger partial charge in [0.25, 0.3) is 5.91 Å². The van der Waals surface area contributed by atoms with Gasteiger partial charge in [0.15, 0.2) is 16.7 Å². The van der Waals surface area contributed by atoms with Gasteiger partial charge < -0.3 is 29.3 Å². The Balaban J connectivity index is 1.31. The van der Waals surface area contributed by atoms with E-state index in [1.165, 1.54) is 11.8 Å². The van der Waals surface area contributed by atoms with Crippen LogP contribution in [0.2, 0.25) is 0 Å². The SMILES string of the molecule is Cc1cc(C)nc(SCC(=O)N(Cc2cccnc2)C(C(=O)Nc2ccc(N3CCOCC3)cc2)c2ccc3c(c2)OCO3)n1. The fourth-order valence-corrected chi connectivity index (χ4v) is 6.16. The van der Waals surface area contributed by atoms with Crippen LogP contribution in [0, 0.1) is 13.8 Å². The van der Waals surface area contributed by atoms with Crippen molar-refractivity contribution < 1.29 is 23.8 Å². The summed E-state index contributed by atoms with van der Waals surface area (Å²) in [7, 11) is 0. The smallest absolute Gasteiger partial charge is 0.251 e. The molecule has 2 aromatic carbocycles. The first-order chi connectivity index (χ1) is 21.9. The molecule has 12 heteroatoms. The second-order valence-electron chi connectivity index (χ2n) is 10.8. The molecule has 1 atom stereocenters. The molecule has 2 aromatic heterocycles. The van der Waals surface area contributed by atoms with Gasteiger partial charge in [-0.2, -0.15) is 0 Å². The number of ether oxygens (including phenoxy) is 3. The number of nitrogens with zero attached hydrogens (tertiary/aromatic N) is 5. The Kier molecular flexibility index (Phi) is 9.41. The van der Waals surface area contributed by atoms with E-state index in [4.69, 9.17) is 14.2 Å². The number of rotatable bonds is 10. The van der Waals surface area contributed by atoms with Crippen molar-refractivity contribution in [1.29, 1.82) is 0 Å². The molecule has 2 aliphatic heterocycles. The lowest BCUT2D eigenvalue weighted by Gasteiger charge is -2.32. The van der Waals surface area contributed by atoms with Crippen molar-refractivity contribution in [3.8, 4) is 11.5 Å². The summed E-state index contributed by atoms with van der Waals surface area (Å²) in [6, 6.07) is 17.6. The second-order valence-corrected chi connectivity index (χ2v) is 11.7. The van der Waals surface area contributed by atoms with Gasteiger partial charge in [0.05, 0.1) is 19.0 Å². The zero-order chi connectivity index (χ0) is 31.2. The Labute approximate surface area is 265 Å². The maximum atomic E-state index is 14.2. The molecule has 2 aliphatic rings. The summed E-state index contributed by atoms with van der Waals surface area (Å²) in [6.45, 7) is 7.03. The summed E-state index contributed by atoms with van der Waals surface area (Å²) in [5.74, 6) is 0.521. The van der Waals surface area contributed by atoms with E-state index in [0.29, 0.717) is 41.1 Å². The summed E-state index contributed by atoms with van der Waals surface area (Å²) < 4.78 is 16.6. The normalized spacial score (nSPS) is 14.6. The van der Waals surface area contributed by atoms with Gasteiger partial charge in [-0.1, -0.05) is 23.9 Å². The number of pyridine rings is 1. The number of anilines is 2. The minimum absolute atomic E-state index is 0.0335. The molecule has 232 valence electrons. The first kappa shape index (κ1) is 30.4. The third-order valence-corrected chi connectivity index (χ3v) is 8.30. The van der Waals surface area contributed by atoms with Gasteiger partial charge in [0.2, 0.25) is 12.7 Å². The number of benzene rings is 2. The van der Waals surface area contributed by atoms with E-state index in [9.17, 15) is 9.59 Å². The molecule has 0 aliphatic carbocycles. The number of carbonyl (C=O) groups excluding carboxylic acids is 2. The van der Waals surface area contributed by atoms with Crippen molar-refractivity contribution in [1.82, 2.24) is 19.9 Å². The van der Waals surface area contributed by atoms with E-state index in [1.54, 1.807) is 35.5 Å². The average molecular weight is 627 g/mol. The van der Waals surface area contributed by atoms with Crippen LogP contribution in [0.3, 0.4) is 0 Å². The van der Waals surface area contributed by atoms with Crippen LogP contribution in [-0.2, 0) is 20.9 Å². The first-order valence-electron chi connectivity index (χ1n) is 14.7. The molecule has 0 saturated carbocycles. The number of hydrogen-bond acceptors (Lipinski definition) is 10. The molecule has 1 fully saturated rings. The summed E-state index contributed by atoms with van der Waals surface area (Å²) in [6.07, 6.45) is 3.37. The number of fused-ring (bicyclic) bond motifs is 1. The molecule has 4 aromatic rings. The molecule has 6 rings (SSSR count). The van der Waals surface area contributed by atoms with Crippen LogP contribution in [0.1, 0.15) is 28.6 Å². The van der Waals surface area contributed by atoms with Crippen molar-refractivity contribution in [2.45, 2.75) is 31.6 Å². The van der Waals surface area contributed by atoms with Gasteiger partial charge in [0, 0.05) is 54.8 Å². The Hall–Kier alpha value is -4.68. The molecular weight excluding hydrogens is 592 g/mol. The highest BCUT2D eigenvalue weighted by atomic mass is 32.2. The minimum Gasteiger partial charge on any atom is -0.454 e. The van der Waals surface area contributed by atoms with Crippen LogP contribution in [-0.4, -0.2) is 70.5 Å². The predicted octanol–water partition coefficient (Wildman–Crippen LogP) is 4.55. The number of nitrogens with one attached hydrogen (secondary N) is 1. The van der Waals surface area contributed by atoms with Gasteiger partial charge in [-0.25, -0.2) is 9.97 Å². The number of carbonyl (C=O) groups is 2. The molecule has 1 N–H and O–H groups in total. The maximum Gasteiger partial charge on any atom is 0.251 e. The Morgan fingerprint density at radius 3 is 2.47 bits per heavy atom. The number of hydrogen-bond donors (Lipinski definition) is 1. The number of aromatic nitrogens is 3. The number of amides is 2. The van der Waals surface area contributed by atoms with Crippen LogP contribution in [0.15, 0.2) is 78.2 Å². The Morgan fingerprint density at radius 2 is 1.73 bits per heavy atom. The third kappa shape index (κ3) is 7.52. The molecule has 0 spiro atoms. The minimum atomic E-state index is -0.994. The first-order valence-corrected chi connectivity index (χ1v) is 15.7. The highest BCUT2D eigenvalue weighted by Gasteiger charge is 2.33. The van der Waals surface area contributed by atoms with Crippen molar-refractivity contribution in [3.05, 3.63) is 95.6 Å². The zero-order valence-electron chi connectivity index (χ0n) is 25.1. The average Bonchev–Trinajstić information content (AvgIpc) is 3.52. The molecule has 1 unspecified atom stereocenters. The molecule has 4 heterocycles. The van der Waals surface area contributed by atoms with Crippen LogP contribution in [0.5, 0.6) is 11.5 Å². The van der Waals surface area contributed by atoms with Crippen molar-refractivity contribution >= 4 is 35.0 Å². The molecule has 1 saturated heterocycles. The number of thioether (sulfide) groups is 1. The van der Waals surface area contributed by atoms with E-state index >= 15 is 0 Å². The zero-order valence-corrected chi connectivity index (χ0v) is 26.0. The van der Waals surface area contributed by atoms with E-state index in [0.717, 1.165) is 35.7 Å². The lowest BCUT2D eigenvalue weighted by Crippen LogP contribution is -2.42. The summed E-state index contributed by atoms with van der Waals surface area (Å²) in [5, 5.41) is 3.56. The quantitative estimate of drug-likeness (QED) is 0.198. The molecule has 45 heavy (non-hydrogen) atoms. The molecule has 2 amide bonds. The fraction of sp³-hybridized carbons (Fsp3) is 0.303. The molecule has 0 radical (unpaired) electrons. The van der Waals surface area contributed by atoms with Gasteiger partial charge in [0.1, 0.15) is 6.04 Å². The van der Waals surface area contributed by atoms with Gasteiger partial charge in [-0.3, -0.25) is 14.6 Å². The number of aryl methyl sites for hydroxylation is 2. The van der Waals surface area contributed by atoms with Crippen LogP contribution in [0.25, 0.3) is 0 Å². The van der Waals surface area contributed by atoms with Crippen molar-refractivity contribution in [2.24, 2.45) is 0 Å². The molecular formula is C33H34N6O5S. The standard InChI is InChI=1S/C33H34N6O5S/c1-22-16-23(2)36-33(35-22)45-20-30(40)39(19-24-4-3-11-34-18-24)31(25-5-10-28-29(17-25)44-21-43-28)32(41)37-26-6-8-27(9-7-26)38-12-14-42-15-13-38/h3-11,16-18,31H,12-15,19-21H2,1-2H3,(H,37,41). The van der Waals surface area contributed by atoms with Gasteiger partial charge in [-0.05, 0) is 73.5 Å². The number of morpholine rings is 1. The van der Waals surface area contributed by atoms with E-state index in [1.807, 2.05) is 56.3 Å². The van der Waals surface area contributed by atoms with E-state index in [2.05, 4.69) is 25.2 Å². The van der Waals surface area contributed by atoms with Crippen molar-refractivity contribution in [2.75, 3.05) is 49.1 Å². The van der Waals surface area contributed by atoms with Gasteiger partial charge >= 0.3 is 0 Å². The summed E-state index contributed by atoms with van der Waals surface area (Å²) in [4.78, 5) is 45.3. The highest BCUT2D eigenvalue weighted by molar-refractivity contribution is 7.99. The summed E-state index contributed by atoms with van der Waals surface area (Å²) in [5.41, 5.74) is 4.69. The predicted molar refractivity (Wildman–Crippen MR) is 170 cm³/mol. The van der Waals surface area contributed by atoms with Crippen LogP contribution < -0.4 is 19.7 Å². The van der Waals surface area contributed by atoms with E-state index in [-0.39, 0.29) is 30.9 Å². The second kappa shape index (κ2) is 14.0. The topological polar surface area (TPSA) is 119 Å². The molecule has 11 nitrogen and oxygen atoms in total. The largest absolute Gasteiger partial charge is 0.454 e. The third-order valence-electron chi connectivity index (χ3n) is 7.47. The van der Waals surface area contributed by atoms with Crippen LogP contribution >= 0.6 is 11.8 Å². The monoisotopic (exact) mass is 626 g/mol. The highest BCUT2D eigenvalue weighted by Crippen LogP contribution is 2.37. The fourth-order valence-electron chi connectivity index (χ4n) is 5.32. The summed E-state index contributed by atoms with van der Waals surface area (Å²) >= 11 is 1.24.